The van der Waals surface area contributed by atoms with E-state index in [2.05, 4.69) is 31.0 Å². The Balaban J connectivity index is 1.61. The number of hydrogen-bond donors (Lipinski definition) is 1. The summed E-state index contributed by atoms with van der Waals surface area (Å²) >= 11 is 0. The monoisotopic (exact) mass is 222 g/mol. The molecule has 2 nitrogen and oxygen atoms in total. The molecule has 4 atom stereocenters. The van der Waals surface area contributed by atoms with Crippen LogP contribution in [0.4, 0.5) is 0 Å². The number of rotatable bonds is 3. The lowest BCUT2D eigenvalue weighted by molar-refractivity contribution is 0.0782. The van der Waals surface area contributed by atoms with Gasteiger partial charge in [-0.2, -0.15) is 0 Å². The lowest BCUT2D eigenvalue weighted by Crippen LogP contribution is -2.63. The summed E-state index contributed by atoms with van der Waals surface area (Å²) in [6.45, 7) is 11.0. The fourth-order valence-corrected chi connectivity index (χ4v) is 3.34. The predicted octanol–water partition coefficient (Wildman–Crippen LogP) is 2.10. The van der Waals surface area contributed by atoms with Gasteiger partial charge in [0.05, 0.1) is 0 Å². The van der Waals surface area contributed by atoms with E-state index < -0.39 is 0 Å². The maximum atomic E-state index is 3.80. The number of hydrogen-bond acceptors (Lipinski definition) is 2. The van der Waals surface area contributed by atoms with Crippen molar-refractivity contribution in [2.45, 2.75) is 51.6 Å². The highest BCUT2D eigenvalue weighted by molar-refractivity contribution is 5.04. The van der Waals surface area contributed by atoms with Crippen molar-refractivity contribution in [3.8, 4) is 0 Å². The summed E-state index contributed by atoms with van der Waals surface area (Å²) in [5, 5.41) is 3.80. The second-order valence-corrected chi connectivity index (χ2v) is 6.82. The van der Waals surface area contributed by atoms with E-state index >= 15 is 0 Å². The maximum absolute atomic E-state index is 3.80. The van der Waals surface area contributed by atoms with Crippen molar-refractivity contribution in [1.29, 1.82) is 0 Å². The number of piperazine rings is 1. The van der Waals surface area contributed by atoms with Gasteiger partial charge in [0.2, 0.25) is 0 Å². The highest BCUT2D eigenvalue weighted by Crippen LogP contribution is 2.43. The molecule has 1 heterocycles. The Morgan fingerprint density at radius 2 is 2.00 bits per heavy atom. The van der Waals surface area contributed by atoms with Gasteiger partial charge in [0.25, 0.3) is 0 Å². The molecular weight excluding hydrogens is 196 g/mol. The highest BCUT2D eigenvalue weighted by atomic mass is 15.3. The van der Waals surface area contributed by atoms with Crippen LogP contribution in [0.3, 0.4) is 0 Å². The van der Waals surface area contributed by atoms with Crippen molar-refractivity contribution < 1.29 is 0 Å². The zero-order valence-electron chi connectivity index (χ0n) is 11.0. The van der Waals surface area contributed by atoms with Crippen LogP contribution in [0.25, 0.3) is 0 Å². The van der Waals surface area contributed by atoms with Gasteiger partial charge in [-0.1, -0.05) is 6.92 Å². The third-order valence-electron chi connectivity index (χ3n) is 5.18. The predicted molar refractivity (Wildman–Crippen MR) is 67.4 cm³/mol. The van der Waals surface area contributed by atoms with Crippen LogP contribution in [0.1, 0.15) is 40.0 Å². The molecule has 0 aromatic carbocycles. The molecule has 0 amide bonds. The number of nitrogens with one attached hydrogen (secondary N) is 1. The largest absolute Gasteiger partial charge is 0.308 e. The zero-order chi connectivity index (χ0) is 11.3. The van der Waals surface area contributed by atoms with Crippen LogP contribution in [0.2, 0.25) is 0 Å². The molecule has 1 aliphatic heterocycles. The van der Waals surface area contributed by atoms with E-state index in [9.17, 15) is 0 Å². The molecule has 3 aliphatic rings. The Bertz CT molecular complexity index is 274. The minimum Gasteiger partial charge on any atom is -0.308 e. The molecule has 0 bridgehead atoms. The average molecular weight is 222 g/mol. The van der Waals surface area contributed by atoms with Crippen LogP contribution in [-0.4, -0.2) is 36.1 Å². The van der Waals surface area contributed by atoms with Crippen LogP contribution in [-0.2, 0) is 0 Å². The van der Waals surface area contributed by atoms with Gasteiger partial charge in [0.15, 0.2) is 0 Å². The molecule has 0 radical (unpaired) electrons. The molecular formula is C14H26N2. The summed E-state index contributed by atoms with van der Waals surface area (Å²) in [7, 11) is 0. The van der Waals surface area contributed by atoms with Gasteiger partial charge >= 0.3 is 0 Å². The van der Waals surface area contributed by atoms with E-state index in [1.54, 1.807) is 0 Å². The van der Waals surface area contributed by atoms with Crippen LogP contribution in [0, 0.1) is 17.8 Å². The normalized spacial score (nSPS) is 49.3. The molecule has 2 saturated carbocycles. The summed E-state index contributed by atoms with van der Waals surface area (Å²) in [6.07, 6.45) is 4.37. The van der Waals surface area contributed by atoms with E-state index in [-0.39, 0.29) is 0 Å². The van der Waals surface area contributed by atoms with Gasteiger partial charge in [0, 0.05) is 31.2 Å². The first-order chi connectivity index (χ1) is 7.58. The maximum Gasteiger partial charge on any atom is 0.0309 e. The molecule has 2 heteroatoms. The second-order valence-electron chi connectivity index (χ2n) is 6.82. The highest BCUT2D eigenvalue weighted by Gasteiger charge is 2.46. The van der Waals surface area contributed by atoms with E-state index in [4.69, 9.17) is 0 Å². The van der Waals surface area contributed by atoms with Crippen LogP contribution in [0.15, 0.2) is 0 Å². The Hall–Kier alpha value is -0.0800. The van der Waals surface area contributed by atoms with Crippen molar-refractivity contribution in [2.24, 2.45) is 17.8 Å². The van der Waals surface area contributed by atoms with Gasteiger partial charge in [-0.3, -0.25) is 4.90 Å². The minimum absolute atomic E-state index is 0.421. The van der Waals surface area contributed by atoms with Crippen molar-refractivity contribution in [3.63, 3.8) is 0 Å². The second kappa shape index (κ2) is 3.71. The first-order valence-electron chi connectivity index (χ1n) is 7.07. The van der Waals surface area contributed by atoms with Crippen molar-refractivity contribution >= 4 is 0 Å². The minimum atomic E-state index is 0.421. The average Bonchev–Trinajstić information content (AvgIpc) is 3.09. The van der Waals surface area contributed by atoms with E-state index in [0.717, 1.165) is 23.8 Å². The molecule has 0 aromatic rings. The standard InChI is InChI=1S/C14H26N2/c1-10-6-12(10)8-16-9-14(3,13-4-5-13)15-7-11(16)2/h10-13,15H,4-9H2,1-3H3. The SMILES string of the molecule is CC1CC1CN1CC(C)(C2CC2)NCC1C. The first kappa shape index (κ1) is 11.0. The molecule has 0 spiro atoms. The van der Waals surface area contributed by atoms with Crippen molar-refractivity contribution in [1.82, 2.24) is 10.2 Å². The summed E-state index contributed by atoms with van der Waals surface area (Å²) in [5.74, 6) is 2.96. The topological polar surface area (TPSA) is 15.3 Å². The Morgan fingerprint density at radius 3 is 2.56 bits per heavy atom. The summed E-state index contributed by atoms with van der Waals surface area (Å²) in [5.41, 5.74) is 0.421. The van der Waals surface area contributed by atoms with Crippen LogP contribution >= 0.6 is 0 Å². The van der Waals surface area contributed by atoms with Crippen molar-refractivity contribution in [3.05, 3.63) is 0 Å². The summed E-state index contributed by atoms with van der Waals surface area (Å²) < 4.78 is 0. The third-order valence-corrected chi connectivity index (χ3v) is 5.18. The summed E-state index contributed by atoms with van der Waals surface area (Å²) in [6, 6.07) is 0.736. The lowest BCUT2D eigenvalue weighted by Gasteiger charge is -2.46. The molecule has 3 rings (SSSR count). The lowest BCUT2D eigenvalue weighted by atomic mass is 9.91. The molecule has 1 N–H and O–H groups in total. The Labute approximate surface area is 99.8 Å². The third kappa shape index (κ3) is 2.02. The molecule has 0 aromatic heterocycles. The van der Waals surface area contributed by atoms with Gasteiger partial charge in [0.1, 0.15) is 0 Å². The smallest absolute Gasteiger partial charge is 0.0309 e. The first-order valence-corrected chi connectivity index (χ1v) is 7.07. The van der Waals surface area contributed by atoms with E-state index in [0.29, 0.717) is 5.54 Å². The van der Waals surface area contributed by atoms with Gasteiger partial charge in [-0.25, -0.2) is 0 Å². The molecule has 4 unspecified atom stereocenters. The van der Waals surface area contributed by atoms with Gasteiger partial charge in [-0.05, 0) is 50.9 Å². The molecule has 3 fully saturated rings. The molecule has 2 aliphatic carbocycles. The summed E-state index contributed by atoms with van der Waals surface area (Å²) in [4.78, 5) is 2.75. The van der Waals surface area contributed by atoms with Gasteiger partial charge in [-0.15, -0.1) is 0 Å². The fraction of sp³-hybridized carbons (Fsp3) is 1.00. The van der Waals surface area contributed by atoms with E-state index in [1.165, 1.54) is 38.9 Å². The fourth-order valence-electron chi connectivity index (χ4n) is 3.34. The zero-order valence-corrected chi connectivity index (χ0v) is 11.0. The Morgan fingerprint density at radius 1 is 1.31 bits per heavy atom. The van der Waals surface area contributed by atoms with E-state index in [1.807, 2.05) is 0 Å². The van der Waals surface area contributed by atoms with Crippen LogP contribution in [0.5, 0.6) is 0 Å². The Kier molecular flexibility index (Phi) is 2.56. The molecule has 92 valence electrons. The number of nitrogens with zero attached hydrogens (tertiary/aromatic N) is 1. The molecule has 16 heavy (non-hydrogen) atoms. The quantitative estimate of drug-likeness (QED) is 0.787. The molecule has 1 saturated heterocycles. The van der Waals surface area contributed by atoms with Gasteiger partial charge < -0.3 is 5.32 Å². The van der Waals surface area contributed by atoms with Crippen molar-refractivity contribution in [2.75, 3.05) is 19.6 Å². The van der Waals surface area contributed by atoms with Crippen LogP contribution < -0.4 is 5.32 Å².